The second-order valence-electron chi connectivity index (χ2n) is 15.2. The molecule has 2 amide bonds. The first-order valence-electron chi connectivity index (χ1n) is 20.4. The van der Waals surface area contributed by atoms with Gasteiger partial charge in [0.1, 0.15) is 0 Å². The standard InChI is InChI=1S/C39H43N3O4.C11H8O2/c1-45-36-24-31-21-23-42(26-32(31)25-37(36)46-2)22-20-27-12-18-33(19-13-27)40-39(44)34-10-6-7-11-35(34)41-38(43)30-16-14-29(15-17-30)28-8-4-3-5-9-28;12-11(13)10-7-3-5-8-4-1-2-6-9(8)10/h6-7,10-19,24-25,28H,3-5,8-9,20-23,26H2,1-2H3,(H,40,44)(H,41,43);1-7H,(H,12,13). The van der Waals surface area contributed by atoms with Crippen LogP contribution in [-0.4, -0.2) is 55.1 Å². The molecule has 1 heterocycles. The number of nitrogens with zero attached hydrogens (tertiary/aromatic N) is 1. The number of rotatable bonds is 11. The predicted molar refractivity (Wildman–Crippen MR) is 234 cm³/mol. The number of hydrogen-bond donors (Lipinski definition) is 3. The number of fused-ring (bicyclic) bond motifs is 2. The summed E-state index contributed by atoms with van der Waals surface area (Å²) in [5.41, 5.74) is 7.67. The molecule has 6 aromatic carbocycles. The zero-order valence-electron chi connectivity index (χ0n) is 33.7. The smallest absolute Gasteiger partial charge is 0.336 e. The lowest BCUT2D eigenvalue weighted by Gasteiger charge is -2.29. The summed E-state index contributed by atoms with van der Waals surface area (Å²) in [6.45, 7) is 2.82. The Hall–Kier alpha value is -6.45. The lowest BCUT2D eigenvalue weighted by Crippen LogP contribution is -2.32. The molecule has 0 spiro atoms. The maximum Gasteiger partial charge on any atom is 0.336 e. The summed E-state index contributed by atoms with van der Waals surface area (Å²) in [6.07, 6.45) is 8.20. The summed E-state index contributed by atoms with van der Waals surface area (Å²) in [5, 5.41) is 16.6. The maximum atomic E-state index is 13.3. The second-order valence-corrected chi connectivity index (χ2v) is 15.2. The van der Waals surface area contributed by atoms with Crippen molar-refractivity contribution in [3.63, 3.8) is 0 Å². The van der Waals surface area contributed by atoms with Crippen LogP contribution in [0.15, 0.2) is 127 Å². The van der Waals surface area contributed by atoms with Gasteiger partial charge in [0, 0.05) is 30.9 Å². The Morgan fingerprint density at radius 3 is 2.08 bits per heavy atom. The topological polar surface area (TPSA) is 117 Å². The minimum Gasteiger partial charge on any atom is -0.493 e. The van der Waals surface area contributed by atoms with Gasteiger partial charge in [0.25, 0.3) is 11.8 Å². The molecule has 0 radical (unpaired) electrons. The quantitative estimate of drug-likeness (QED) is 0.120. The average molecular weight is 790 g/mol. The molecule has 1 saturated carbocycles. The first kappa shape index (κ1) is 40.7. The van der Waals surface area contributed by atoms with Crippen LogP contribution in [0.25, 0.3) is 10.8 Å². The van der Waals surface area contributed by atoms with Crippen molar-refractivity contribution in [2.75, 3.05) is 37.9 Å². The molecular formula is C50H51N3O6. The molecule has 9 nitrogen and oxygen atoms in total. The summed E-state index contributed by atoms with van der Waals surface area (Å²) < 4.78 is 11.0. The van der Waals surface area contributed by atoms with Crippen LogP contribution >= 0.6 is 0 Å². The summed E-state index contributed by atoms with van der Waals surface area (Å²) in [7, 11) is 3.35. The fourth-order valence-electron chi connectivity index (χ4n) is 8.11. The average Bonchev–Trinajstić information content (AvgIpc) is 3.28. The number of hydrogen-bond acceptors (Lipinski definition) is 6. The second kappa shape index (κ2) is 19.3. The van der Waals surface area contributed by atoms with Crippen molar-refractivity contribution in [3.8, 4) is 11.5 Å². The Labute approximate surface area is 346 Å². The van der Waals surface area contributed by atoms with Crippen molar-refractivity contribution in [1.82, 2.24) is 4.90 Å². The lowest BCUT2D eigenvalue weighted by molar-refractivity contribution is 0.0698. The molecule has 0 bridgehead atoms. The number of carboxylic acids is 1. The van der Waals surface area contributed by atoms with Gasteiger partial charge < -0.3 is 25.2 Å². The number of carboxylic acid groups (broad SMARTS) is 1. The molecule has 0 atom stereocenters. The van der Waals surface area contributed by atoms with E-state index >= 15 is 0 Å². The van der Waals surface area contributed by atoms with E-state index in [1.807, 2.05) is 60.7 Å². The van der Waals surface area contributed by atoms with E-state index in [9.17, 15) is 14.4 Å². The molecular weight excluding hydrogens is 739 g/mol. The highest BCUT2D eigenvalue weighted by molar-refractivity contribution is 6.12. The van der Waals surface area contributed by atoms with Gasteiger partial charge in [-0.05, 0) is 119 Å². The molecule has 3 N–H and O–H groups in total. The molecule has 59 heavy (non-hydrogen) atoms. The maximum absolute atomic E-state index is 13.3. The Morgan fingerprint density at radius 1 is 0.695 bits per heavy atom. The zero-order chi connectivity index (χ0) is 41.1. The van der Waals surface area contributed by atoms with Gasteiger partial charge in [-0.1, -0.05) is 92.1 Å². The van der Waals surface area contributed by atoms with Gasteiger partial charge in [-0.25, -0.2) is 4.79 Å². The summed E-state index contributed by atoms with van der Waals surface area (Å²) in [4.78, 5) is 39.7. The number of carbonyl (C=O) groups excluding carboxylic acids is 2. The molecule has 1 aliphatic carbocycles. The zero-order valence-corrected chi connectivity index (χ0v) is 33.7. The van der Waals surface area contributed by atoms with E-state index in [0.717, 1.165) is 54.7 Å². The molecule has 6 aromatic rings. The van der Waals surface area contributed by atoms with Crippen LogP contribution in [0.2, 0.25) is 0 Å². The molecule has 2 aliphatic rings. The fourth-order valence-corrected chi connectivity index (χ4v) is 8.11. The number of methoxy groups -OCH3 is 2. The number of aromatic carboxylic acids is 1. The third-order valence-electron chi connectivity index (χ3n) is 11.4. The van der Waals surface area contributed by atoms with Gasteiger partial charge in [0.05, 0.1) is 31.0 Å². The van der Waals surface area contributed by atoms with Crippen molar-refractivity contribution >= 4 is 39.9 Å². The van der Waals surface area contributed by atoms with Crippen molar-refractivity contribution in [2.24, 2.45) is 0 Å². The van der Waals surface area contributed by atoms with Crippen LogP contribution in [-0.2, 0) is 19.4 Å². The molecule has 1 aliphatic heterocycles. The predicted octanol–water partition coefficient (Wildman–Crippen LogP) is 10.4. The highest BCUT2D eigenvalue weighted by Crippen LogP contribution is 2.34. The molecule has 1 fully saturated rings. The molecule has 9 heteroatoms. The van der Waals surface area contributed by atoms with Crippen molar-refractivity contribution < 1.29 is 29.0 Å². The number of carbonyl (C=O) groups is 3. The highest BCUT2D eigenvalue weighted by atomic mass is 16.5. The largest absolute Gasteiger partial charge is 0.493 e. The van der Waals surface area contributed by atoms with E-state index in [1.54, 1.807) is 44.6 Å². The fraction of sp³-hybridized carbons (Fsp3) is 0.260. The van der Waals surface area contributed by atoms with Gasteiger partial charge in [-0.3, -0.25) is 14.5 Å². The summed E-state index contributed by atoms with van der Waals surface area (Å²) in [6, 6.07) is 40.0. The number of benzene rings is 6. The Balaban J connectivity index is 0.000000343. The van der Waals surface area contributed by atoms with Crippen LogP contribution in [0.1, 0.15) is 91.3 Å². The minimum atomic E-state index is -0.878. The number of ether oxygens (including phenoxy) is 2. The molecule has 0 aromatic heterocycles. The first-order valence-corrected chi connectivity index (χ1v) is 20.4. The monoisotopic (exact) mass is 789 g/mol. The Kier molecular flexibility index (Phi) is 13.3. The first-order chi connectivity index (χ1) is 28.8. The molecule has 0 unspecified atom stereocenters. The van der Waals surface area contributed by atoms with Gasteiger partial charge in [0.15, 0.2) is 11.5 Å². The lowest BCUT2D eigenvalue weighted by atomic mass is 9.84. The normalized spacial score (nSPS) is 14.0. The molecule has 8 rings (SSSR count). The van der Waals surface area contributed by atoms with Crippen LogP contribution < -0.4 is 20.1 Å². The van der Waals surface area contributed by atoms with Crippen molar-refractivity contribution in [3.05, 3.63) is 166 Å². The van der Waals surface area contributed by atoms with E-state index < -0.39 is 5.97 Å². The Morgan fingerprint density at radius 2 is 1.36 bits per heavy atom. The van der Waals surface area contributed by atoms with E-state index in [1.165, 1.54) is 54.4 Å². The summed E-state index contributed by atoms with van der Waals surface area (Å²) in [5.74, 6) is 0.769. The third-order valence-corrected chi connectivity index (χ3v) is 11.4. The number of para-hydroxylation sites is 1. The minimum absolute atomic E-state index is 0.226. The van der Waals surface area contributed by atoms with Crippen LogP contribution in [0.5, 0.6) is 11.5 Å². The highest BCUT2D eigenvalue weighted by Gasteiger charge is 2.20. The van der Waals surface area contributed by atoms with E-state index in [2.05, 4.69) is 51.9 Å². The number of amides is 2. The van der Waals surface area contributed by atoms with Gasteiger partial charge in [-0.15, -0.1) is 0 Å². The summed E-state index contributed by atoms with van der Waals surface area (Å²) >= 11 is 0. The number of anilines is 2. The van der Waals surface area contributed by atoms with E-state index in [4.69, 9.17) is 14.6 Å². The van der Waals surface area contributed by atoms with Gasteiger partial charge in [-0.2, -0.15) is 0 Å². The van der Waals surface area contributed by atoms with Crippen molar-refractivity contribution in [1.29, 1.82) is 0 Å². The Bertz CT molecular complexity index is 2400. The van der Waals surface area contributed by atoms with Gasteiger partial charge >= 0.3 is 5.97 Å². The van der Waals surface area contributed by atoms with Crippen molar-refractivity contribution in [2.45, 2.75) is 57.4 Å². The molecule has 302 valence electrons. The van der Waals surface area contributed by atoms with Gasteiger partial charge in [0.2, 0.25) is 0 Å². The molecule has 0 saturated heterocycles. The van der Waals surface area contributed by atoms with Crippen LogP contribution in [0.3, 0.4) is 0 Å². The van der Waals surface area contributed by atoms with E-state index in [0.29, 0.717) is 34.0 Å². The SMILES string of the molecule is COc1cc2c(cc1OC)CN(CCc1ccc(NC(=O)c3ccccc3NC(=O)c3ccc(C4CCCCC4)cc3)cc1)CC2.O=C(O)c1cccc2ccccc12. The van der Waals surface area contributed by atoms with E-state index in [-0.39, 0.29) is 11.8 Å². The van der Waals surface area contributed by atoms with Crippen LogP contribution in [0.4, 0.5) is 11.4 Å². The third kappa shape index (κ3) is 10.2. The van der Waals surface area contributed by atoms with Crippen LogP contribution in [0, 0.1) is 0 Å². The number of nitrogens with one attached hydrogen (secondary N) is 2.